The van der Waals surface area contributed by atoms with Gasteiger partial charge in [-0.3, -0.25) is 19.3 Å². The first-order valence-electron chi connectivity index (χ1n) is 10.3. The first-order chi connectivity index (χ1) is 15.3. The summed E-state index contributed by atoms with van der Waals surface area (Å²) in [5, 5.41) is 16.7. The van der Waals surface area contributed by atoms with E-state index in [1.54, 1.807) is 24.3 Å². The molecule has 1 heterocycles. The third-order valence-corrected chi connectivity index (χ3v) is 5.13. The van der Waals surface area contributed by atoms with E-state index >= 15 is 0 Å². The third kappa shape index (κ3) is 5.23. The number of hydrogen-bond donors (Lipinski definition) is 4. The van der Waals surface area contributed by atoms with Gasteiger partial charge in [-0.25, -0.2) is 4.79 Å². The van der Waals surface area contributed by atoms with E-state index in [1.165, 1.54) is 4.90 Å². The van der Waals surface area contributed by atoms with Crippen LogP contribution in [0.4, 0.5) is 16.2 Å². The molecule has 0 saturated carbocycles. The summed E-state index contributed by atoms with van der Waals surface area (Å²) in [6.07, 6.45) is 0.159. The van der Waals surface area contributed by atoms with E-state index in [0.717, 1.165) is 5.56 Å². The molecule has 0 bridgehead atoms. The van der Waals surface area contributed by atoms with Crippen molar-refractivity contribution in [2.24, 2.45) is 5.92 Å². The highest BCUT2D eigenvalue weighted by Gasteiger charge is 2.39. The van der Waals surface area contributed by atoms with Crippen molar-refractivity contribution in [2.75, 3.05) is 16.8 Å². The topological polar surface area (TPSA) is 128 Å². The molecule has 0 unspecified atom stereocenters. The molecule has 0 aliphatic carbocycles. The molecule has 0 saturated heterocycles. The molecule has 3 rings (SSSR count). The highest BCUT2D eigenvalue weighted by molar-refractivity contribution is 6.12. The number of urea groups is 1. The van der Waals surface area contributed by atoms with Crippen LogP contribution in [-0.2, 0) is 20.8 Å². The lowest BCUT2D eigenvalue weighted by Crippen LogP contribution is -2.60. The normalized spacial score (nSPS) is 16.0. The van der Waals surface area contributed by atoms with Crippen LogP contribution in [-0.4, -0.2) is 47.5 Å². The summed E-state index contributed by atoms with van der Waals surface area (Å²) in [5.74, 6) is -2.32. The Morgan fingerprint density at radius 2 is 1.72 bits per heavy atom. The van der Waals surface area contributed by atoms with Gasteiger partial charge in [0.2, 0.25) is 11.8 Å². The number of aliphatic carboxylic acids is 1. The summed E-state index contributed by atoms with van der Waals surface area (Å²) in [7, 11) is 0. The van der Waals surface area contributed by atoms with Gasteiger partial charge in [-0.1, -0.05) is 56.3 Å². The molecule has 0 aromatic heterocycles. The molecule has 0 fully saturated rings. The molecular weight excluding hydrogens is 412 g/mol. The Labute approximate surface area is 185 Å². The standard InChI is InChI=1S/C23H26N4O5/c1-14(2)20-22(31)25-16-10-6-7-11-18(16)27(20)23(32)26-17(21(30)24-13-19(28)29)12-15-8-4-3-5-9-15/h3-11,14,17,20H,12-13H2,1-2H3,(H,24,30)(H,25,31)(H,26,32)(H,28,29)/t17-,20+/m0/s1. The van der Waals surface area contributed by atoms with Crippen LogP contribution >= 0.6 is 0 Å². The Kier molecular flexibility index (Phi) is 7.09. The molecule has 4 N–H and O–H groups in total. The molecule has 32 heavy (non-hydrogen) atoms. The summed E-state index contributed by atoms with van der Waals surface area (Å²) in [6.45, 7) is 3.10. The molecule has 168 valence electrons. The van der Waals surface area contributed by atoms with Gasteiger partial charge in [0.05, 0.1) is 11.4 Å². The van der Waals surface area contributed by atoms with Crippen molar-refractivity contribution in [3.8, 4) is 0 Å². The number of nitrogens with one attached hydrogen (secondary N) is 3. The SMILES string of the molecule is CC(C)[C@@H]1C(=O)Nc2ccccc2N1C(=O)N[C@@H](Cc1ccccc1)C(=O)NCC(=O)O. The number of hydrogen-bond acceptors (Lipinski definition) is 4. The summed E-state index contributed by atoms with van der Waals surface area (Å²) >= 11 is 0. The lowest BCUT2D eigenvalue weighted by Gasteiger charge is -2.39. The van der Waals surface area contributed by atoms with Gasteiger partial charge in [-0.05, 0) is 23.6 Å². The molecule has 0 radical (unpaired) electrons. The number of anilines is 2. The van der Waals surface area contributed by atoms with E-state index in [9.17, 15) is 19.2 Å². The monoisotopic (exact) mass is 438 g/mol. The minimum atomic E-state index is -1.19. The second-order valence-corrected chi connectivity index (χ2v) is 7.87. The van der Waals surface area contributed by atoms with Gasteiger partial charge in [-0.2, -0.15) is 0 Å². The molecule has 1 aliphatic heterocycles. The third-order valence-electron chi connectivity index (χ3n) is 5.13. The Hall–Kier alpha value is -3.88. The zero-order valence-electron chi connectivity index (χ0n) is 17.9. The average molecular weight is 438 g/mol. The molecule has 2 aromatic carbocycles. The number of para-hydroxylation sites is 2. The maximum atomic E-state index is 13.4. The number of rotatable bonds is 7. The summed E-state index contributed by atoms with van der Waals surface area (Å²) in [6, 6.07) is 13.6. The number of amides is 4. The Balaban J connectivity index is 1.90. The van der Waals surface area contributed by atoms with E-state index in [0.29, 0.717) is 11.4 Å². The summed E-state index contributed by atoms with van der Waals surface area (Å²) in [4.78, 5) is 51.1. The van der Waals surface area contributed by atoms with Crippen molar-refractivity contribution in [1.82, 2.24) is 10.6 Å². The van der Waals surface area contributed by atoms with Crippen LogP contribution in [0.1, 0.15) is 19.4 Å². The second kappa shape index (κ2) is 9.95. The van der Waals surface area contributed by atoms with E-state index in [-0.39, 0.29) is 18.2 Å². The van der Waals surface area contributed by atoms with Gasteiger partial charge in [-0.15, -0.1) is 0 Å². The summed E-state index contributed by atoms with van der Waals surface area (Å²) < 4.78 is 0. The van der Waals surface area contributed by atoms with Crippen molar-refractivity contribution >= 4 is 35.2 Å². The van der Waals surface area contributed by atoms with Gasteiger partial charge in [0.15, 0.2) is 0 Å². The number of nitrogens with zero attached hydrogens (tertiary/aromatic N) is 1. The zero-order chi connectivity index (χ0) is 23.3. The molecule has 9 nitrogen and oxygen atoms in total. The van der Waals surface area contributed by atoms with Crippen molar-refractivity contribution in [2.45, 2.75) is 32.4 Å². The van der Waals surface area contributed by atoms with Crippen LogP contribution in [0.25, 0.3) is 0 Å². The van der Waals surface area contributed by atoms with Crippen LogP contribution in [0.3, 0.4) is 0 Å². The highest BCUT2D eigenvalue weighted by atomic mass is 16.4. The van der Waals surface area contributed by atoms with E-state index < -0.39 is 36.5 Å². The van der Waals surface area contributed by atoms with Crippen LogP contribution < -0.4 is 20.9 Å². The Morgan fingerprint density at radius 1 is 1.06 bits per heavy atom. The molecule has 2 aromatic rings. The van der Waals surface area contributed by atoms with Crippen LogP contribution in [0.15, 0.2) is 54.6 Å². The minimum Gasteiger partial charge on any atom is -0.480 e. The lowest BCUT2D eigenvalue weighted by molar-refractivity contribution is -0.138. The van der Waals surface area contributed by atoms with Crippen LogP contribution in [0.2, 0.25) is 0 Å². The van der Waals surface area contributed by atoms with Crippen LogP contribution in [0.5, 0.6) is 0 Å². The number of carboxylic acid groups (broad SMARTS) is 1. The predicted molar refractivity (Wildman–Crippen MR) is 119 cm³/mol. The van der Waals surface area contributed by atoms with Gasteiger partial charge in [0.25, 0.3) is 0 Å². The number of carboxylic acids is 1. The van der Waals surface area contributed by atoms with E-state index in [1.807, 2.05) is 44.2 Å². The minimum absolute atomic E-state index is 0.159. The van der Waals surface area contributed by atoms with Gasteiger partial charge in [0, 0.05) is 6.42 Å². The first-order valence-corrected chi connectivity index (χ1v) is 10.3. The van der Waals surface area contributed by atoms with Crippen molar-refractivity contribution < 1.29 is 24.3 Å². The highest BCUT2D eigenvalue weighted by Crippen LogP contribution is 2.34. The maximum Gasteiger partial charge on any atom is 0.323 e. The molecule has 0 spiro atoms. The van der Waals surface area contributed by atoms with Gasteiger partial charge >= 0.3 is 12.0 Å². The largest absolute Gasteiger partial charge is 0.480 e. The van der Waals surface area contributed by atoms with Crippen molar-refractivity contribution in [1.29, 1.82) is 0 Å². The lowest BCUT2D eigenvalue weighted by atomic mass is 9.98. The zero-order valence-corrected chi connectivity index (χ0v) is 17.9. The smallest absolute Gasteiger partial charge is 0.323 e. The Bertz CT molecular complexity index is 1010. The molecule has 9 heteroatoms. The first kappa shape index (κ1) is 22.8. The number of carbonyl (C=O) groups is 4. The maximum absolute atomic E-state index is 13.4. The van der Waals surface area contributed by atoms with Crippen molar-refractivity contribution in [3.63, 3.8) is 0 Å². The number of carbonyl (C=O) groups excluding carboxylic acids is 3. The quantitative estimate of drug-likeness (QED) is 0.526. The van der Waals surface area contributed by atoms with Gasteiger partial charge < -0.3 is 21.1 Å². The predicted octanol–water partition coefficient (Wildman–Crippen LogP) is 1.99. The molecule has 4 amide bonds. The number of fused-ring (bicyclic) bond motifs is 1. The van der Waals surface area contributed by atoms with Gasteiger partial charge in [0.1, 0.15) is 18.6 Å². The average Bonchev–Trinajstić information content (AvgIpc) is 2.76. The second-order valence-electron chi connectivity index (χ2n) is 7.87. The Morgan fingerprint density at radius 3 is 2.38 bits per heavy atom. The summed E-state index contributed by atoms with van der Waals surface area (Å²) in [5.41, 5.74) is 1.81. The van der Waals surface area contributed by atoms with E-state index in [4.69, 9.17) is 5.11 Å². The molecule has 1 aliphatic rings. The van der Waals surface area contributed by atoms with E-state index in [2.05, 4.69) is 16.0 Å². The fraction of sp³-hybridized carbons (Fsp3) is 0.304. The van der Waals surface area contributed by atoms with Crippen molar-refractivity contribution in [3.05, 3.63) is 60.2 Å². The number of benzene rings is 2. The molecule has 2 atom stereocenters. The molecular formula is C23H26N4O5. The van der Waals surface area contributed by atoms with Crippen LogP contribution in [0, 0.1) is 5.92 Å². The fourth-order valence-electron chi connectivity index (χ4n) is 3.66. The fourth-order valence-corrected chi connectivity index (χ4v) is 3.66.